The van der Waals surface area contributed by atoms with Crippen LogP contribution in [0, 0.1) is 11.8 Å². The highest BCUT2D eigenvalue weighted by molar-refractivity contribution is 5.32. The first-order chi connectivity index (χ1) is 4.43. The molecule has 0 saturated carbocycles. The molecule has 52 valence electrons. The summed E-state index contributed by atoms with van der Waals surface area (Å²) in [5.41, 5.74) is 1.08. The Balaban J connectivity index is 0.000000810. The topological polar surface area (TPSA) is 35.0 Å². The summed E-state index contributed by atoms with van der Waals surface area (Å²) in [6, 6.07) is 9.95. The van der Waals surface area contributed by atoms with Crippen LogP contribution < -0.4 is 6.15 Å². The van der Waals surface area contributed by atoms with Gasteiger partial charge in [0.15, 0.2) is 0 Å². The Kier molecular flexibility index (Phi) is 4.02. The Morgan fingerprint density at radius 1 is 1.10 bits per heavy atom. The van der Waals surface area contributed by atoms with Crippen LogP contribution in [0.4, 0.5) is 0 Å². The van der Waals surface area contributed by atoms with Crippen molar-refractivity contribution in [3.05, 3.63) is 35.9 Å². The molecule has 3 N–H and O–H groups in total. The van der Waals surface area contributed by atoms with E-state index in [9.17, 15) is 0 Å². The van der Waals surface area contributed by atoms with Gasteiger partial charge in [-0.15, -0.1) is 5.92 Å². The molecule has 0 aliphatic carbocycles. The fourth-order valence-electron chi connectivity index (χ4n) is 0.666. The van der Waals surface area contributed by atoms with Crippen molar-refractivity contribution in [1.82, 2.24) is 6.15 Å². The molecule has 0 saturated heterocycles. The van der Waals surface area contributed by atoms with E-state index in [1.54, 1.807) is 0 Å². The summed E-state index contributed by atoms with van der Waals surface area (Å²) in [4.78, 5) is 0. The number of benzene rings is 1. The van der Waals surface area contributed by atoms with E-state index in [1.807, 2.05) is 37.3 Å². The molecule has 0 radical (unpaired) electrons. The molecular formula is C9H11N. The van der Waals surface area contributed by atoms with Gasteiger partial charge in [0.25, 0.3) is 0 Å². The van der Waals surface area contributed by atoms with Gasteiger partial charge in [-0.1, -0.05) is 24.1 Å². The van der Waals surface area contributed by atoms with Gasteiger partial charge in [0.05, 0.1) is 0 Å². The molecule has 0 amide bonds. The minimum absolute atomic E-state index is 0. The fourth-order valence-corrected chi connectivity index (χ4v) is 0.666. The Hall–Kier alpha value is -1.26. The van der Waals surface area contributed by atoms with Crippen LogP contribution in [-0.2, 0) is 0 Å². The van der Waals surface area contributed by atoms with Gasteiger partial charge in [0.2, 0.25) is 0 Å². The summed E-state index contributed by atoms with van der Waals surface area (Å²) >= 11 is 0. The minimum atomic E-state index is 0. The number of hydrogen-bond acceptors (Lipinski definition) is 1. The van der Waals surface area contributed by atoms with Crippen LogP contribution in [0.15, 0.2) is 30.3 Å². The molecule has 10 heavy (non-hydrogen) atoms. The van der Waals surface area contributed by atoms with E-state index in [0.717, 1.165) is 5.56 Å². The minimum Gasteiger partial charge on any atom is -0.344 e. The zero-order valence-electron chi connectivity index (χ0n) is 6.09. The van der Waals surface area contributed by atoms with Gasteiger partial charge in [-0.3, -0.25) is 0 Å². The van der Waals surface area contributed by atoms with Crippen molar-refractivity contribution >= 4 is 0 Å². The van der Waals surface area contributed by atoms with E-state index in [2.05, 4.69) is 11.8 Å². The molecule has 0 fully saturated rings. The van der Waals surface area contributed by atoms with E-state index >= 15 is 0 Å². The van der Waals surface area contributed by atoms with E-state index in [1.165, 1.54) is 0 Å². The van der Waals surface area contributed by atoms with Crippen LogP contribution in [0.25, 0.3) is 0 Å². The molecule has 0 unspecified atom stereocenters. The SMILES string of the molecule is CC#Cc1ccccc1.N. The largest absolute Gasteiger partial charge is 0.344 e. The van der Waals surface area contributed by atoms with Crippen molar-refractivity contribution in [2.75, 3.05) is 0 Å². The Morgan fingerprint density at radius 2 is 1.70 bits per heavy atom. The molecule has 1 aromatic rings. The summed E-state index contributed by atoms with van der Waals surface area (Å²) in [5, 5.41) is 0. The van der Waals surface area contributed by atoms with Gasteiger partial charge >= 0.3 is 0 Å². The molecule has 0 aliphatic rings. The summed E-state index contributed by atoms with van der Waals surface area (Å²) in [6.45, 7) is 1.84. The lowest BCUT2D eigenvalue weighted by Gasteiger charge is -1.83. The molecule has 0 spiro atoms. The first kappa shape index (κ1) is 8.74. The third kappa shape index (κ3) is 2.34. The van der Waals surface area contributed by atoms with Gasteiger partial charge < -0.3 is 6.15 Å². The number of rotatable bonds is 0. The first-order valence-electron chi connectivity index (χ1n) is 2.91. The highest BCUT2D eigenvalue weighted by atomic mass is 14.0. The molecule has 0 aliphatic heterocycles. The zero-order valence-corrected chi connectivity index (χ0v) is 6.09. The second-order valence-corrected chi connectivity index (χ2v) is 1.74. The van der Waals surface area contributed by atoms with Crippen LogP contribution in [0.1, 0.15) is 12.5 Å². The van der Waals surface area contributed by atoms with Gasteiger partial charge in [-0.05, 0) is 19.1 Å². The van der Waals surface area contributed by atoms with Gasteiger partial charge in [0, 0.05) is 5.56 Å². The second kappa shape index (κ2) is 4.60. The molecule has 1 rings (SSSR count). The van der Waals surface area contributed by atoms with Crippen molar-refractivity contribution in [2.45, 2.75) is 6.92 Å². The lowest BCUT2D eigenvalue weighted by Crippen LogP contribution is -1.67. The van der Waals surface area contributed by atoms with Crippen LogP contribution in [0.3, 0.4) is 0 Å². The average Bonchev–Trinajstić information content (AvgIpc) is 1.91. The van der Waals surface area contributed by atoms with Crippen LogP contribution in [0.2, 0.25) is 0 Å². The standard InChI is InChI=1S/C9H8.H3N/c1-2-6-9-7-4-3-5-8-9;/h3-5,7-8H,1H3;1H3. The van der Waals surface area contributed by atoms with Crippen LogP contribution >= 0.6 is 0 Å². The third-order valence-corrected chi connectivity index (χ3v) is 1.04. The van der Waals surface area contributed by atoms with Crippen molar-refractivity contribution in [3.63, 3.8) is 0 Å². The molecule has 0 heterocycles. The van der Waals surface area contributed by atoms with Gasteiger partial charge in [0.1, 0.15) is 0 Å². The van der Waals surface area contributed by atoms with E-state index in [4.69, 9.17) is 0 Å². The molecule has 0 aromatic heterocycles. The van der Waals surface area contributed by atoms with Crippen LogP contribution in [0.5, 0.6) is 0 Å². The second-order valence-electron chi connectivity index (χ2n) is 1.74. The molecule has 1 nitrogen and oxygen atoms in total. The van der Waals surface area contributed by atoms with Gasteiger partial charge in [-0.25, -0.2) is 0 Å². The number of hydrogen-bond donors (Lipinski definition) is 1. The fraction of sp³-hybridized carbons (Fsp3) is 0.111. The van der Waals surface area contributed by atoms with E-state index in [-0.39, 0.29) is 6.15 Å². The maximum Gasteiger partial charge on any atom is 0.0245 e. The van der Waals surface area contributed by atoms with Crippen molar-refractivity contribution in [3.8, 4) is 11.8 Å². The Bertz CT molecular complexity index is 228. The predicted molar refractivity (Wildman–Crippen MR) is 44.0 cm³/mol. The van der Waals surface area contributed by atoms with Crippen molar-refractivity contribution < 1.29 is 0 Å². The molecule has 1 aromatic carbocycles. The van der Waals surface area contributed by atoms with Gasteiger partial charge in [-0.2, -0.15) is 0 Å². The van der Waals surface area contributed by atoms with Crippen molar-refractivity contribution in [2.24, 2.45) is 0 Å². The average molecular weight is 133 g/mol. The van der Waals surface area contributed by atoms with Crippen LogP contribution in [-0.4, -0.2) is 0 Å². The smallest absolute Gasteiger partial charge is 0.0245 e. The summed E-state index contributed by atoms with van der Waals surface area (Å²) < 4.78 is 0. The molecule has 0 atom stereocenters. The Morgan fingerprint density at radius 3 is 2.20 bits per heavy atom. The van der Waals surface area contributed by atoms with E-state index < -0.39 is 0 Å². The lowest BCUT2D eigenvalue weighted by atomic mass is 10.2. The third-order valence-electron chi connectivity index (χ3n) is 1.04. The molecular weight excluding hydrogens is 122 g/mol. The first-order valence-corrected chi connectivity index (χ1v) is 2.91. The summed E-state index contributed by atoms with van der Waals surface area (Å²) in [7, 11) is 0. The lowest BCUT2D eigenvalue weighted by molar-refractivity contribution is 1.64. The van der Waals surface area contributed by atoms with Crippen molar-refractivity contribution in [1.29, 1.82) is 0 Å². The molecule has 0 bridgehead atoms. The maximum absolute atomic E-state index is 2.96. The summed E-state index contributed by atoms with van der Waals surface area (Å²) in [5.74, 6) is 5.79. The maximum atomic E-state index is 2.96. The molecule has 1 heteroatoms. The monoisotopic (exact) mass is 133 g/mol. The quantitative estimate of drug-likeness (QED) is 0.541. The Labute approximate surface area is 61.7 Å². The zero-order chi connectivity index (χ0) is 6.53. The highest BCUT2D eigenvalue weighted by Crippen LogP contribution is 1.93. The van der Waals surface area contributed by atoms with E-state index in [0.29, 0.717) is 0 Å². The predicted octanol–water partition coefficient (Wildman–Crippen LogP) is 2.22. The summed E-state index contributed by atoms with van der Waals surface area (Å²) in [6.07, 6.45) is 0. The highest BCUT2D eigenvalue weighted by Gasteiger charge is 1.77. The normalized spacial score (nSPS) is 6.90.